The van der Waals surface area contributed by atoms with Crippen molar-refractivity contribution in [3.63, 3.8) is 0 Å². The van der Waals surface area contributed by atoms with Crippen LogP contribution < -0.4 is 5.73 Å². The summed E-state index contributed by atoms with van der Waals surface area (Å²) in [6.45, 7) is 6.02. The van der Waals surface area contributed by atoms with Gasteiger partial charge in [-0.15, -0.1) is 11.3 Å². The lowest BCUT2D eigenvalue weighted by molar-refractivity contribution is -0.117. The molecule has 3 rings (SSSR count). The van der Waals surface area contributed by atoms with Crippen LogP contribution >= 0.6 is 23.1 Å². The molecule has 7 heteroatoms. The molecule has 3 aromatic rings. The van der Waals surface area contributed by atoms with Crippen LogP contribution in [-0.4, -0.2) is 15.9 Å². The quantitative estimate of drug-likeness (QED) is 0.659. The van der Waals surface area contributed by atoms with Gasteiger partial charge in [0.05, 0.1) is 17.8 Å². The standard InChI is InChI=1S/C18H19N3O2S2/c1-10-4-5-14(11(2)6-10)17-21-13(8-23-17)9-24-18-20-12(3)15(25-18)7-16(19)22/h4-6,8H,7,9H2,1-3H3,(H2,19,22). The summed E-state index contributed by atoms with van der Waals surface area (Å²) in [6, 6.07) is 6.21. The van der Waals surface area contributed by atoms with Gasteiger partial charge < -0.3 is 10.2 Å². The first kappa shape index (κ1) is 17.7. The largest absolute Gasteiger partial charge is 0.444 e. The summed E-state index contributed by atoms with van der Waals surface area (Å²) >= 11 is 3.09. The molecular weight excluding hydrogens is 354 g/mol. The maximum Gasteiger partial charge on any atom is 0.226 e. The van der Waals surface area contributed by atoms with Gasteiger partial charge in [-0.05, 0) is 32.4 Å². The van der Waals surface area contributed by atoms with Gasteiger partial charge in [-0.25, -0.2) is 9.97 Å². The maximum atomic E-state index is 11.1. The Morgan fingerprint density at radius 1 is 1.28 bits per heavy atom. The molecule has 1 aromatic carbocycles. The zero-order valence-electron chi connectivity index (χ0n) is 14.3. The average molecular weight is 374 g/mol. The van der Waals surface area contributed by atoms with Gasteiger partial charge in [0, 0.05) is 16.2 Å². The third kappa shape index (κ3) is 4.29. The Balaban J connectivity index is 1.69. The van der Waals surface area contributed by atoms with Crippen LogP contribution in [0.4, 0.5) is 0 Å². The Morgan fingerprint density at radius 2 is 2.08 bits per heavy atom. The molecule has 0 atom stereocenters. The number of amides is 1. The summed E-state index contributed by atoms with van der Waals surface area (Å²) in [5.41, 5.74) is 10.4. The van der Waals surface area contributed by atoms with Crippen LogP contribution in [0.1, 0.15) is 27.4 Å². The molecule has 1 amide bonds. The molecule has 0 fully saturated rings. The highest BCUT2D eigenvalue weighted by molar-refractivity contribution is 8.00. The van der Waals surface area contributed by atoms with E-state index in [0.29, 0.717) is 11.6 Å². The van der Waals surface area contributed by atoms with Gasteiger partial charge in [-0.3, -0.25) is 4.79 Å². The van der Waals surface area contributed by atoms with Gasteiger partial charge in [0.2, 0.25) is 11.8 Å². The van der Waals surface area contributed by atoms with E-state index in [-0.39, 0.29) is 12.3 Å². The molecule has 0 saturated heterocycles. The van der Waals surface area contributed by atoms with E-state index in [9.17, 15) is 4.79 Å². The molecule has 2 heterocycles. The summed E-state index contributed by atoms with van der Waals surface area (Å²) in [4.78, 5) is 21.1. The first-order chi connectivity index (χ1) is 11.9. The molecule has 0 aliphatic rings. The van der Waals surface area contributed by atoms with Gasteiger partial charge in [-0.2, -0.15) is 0 Å². The molecule has 0 bridgehead atoms. The fraction of sp³-hybridized carbons (Fsp3) is 0.278. The first-order valence-corrected chi connectivity index (χ1v) is 9.62. The Labute approximate surface area is 154 Å². The topological polar surface area (TPSA) is 82.0 Å². The Kier molecular flexibility index (Phi) is 5.24. The number of nitrogens with two attached hydrogens (primary N) is 1. The van der Waals surface area contributed by atoms with E-state index < -0.39 is 0 Å². The van der Waals surface area contributed by atoms with Crippen molar-refractivity contribution >= 4 is 29.0 Å². The third-order valence-electron chi connectivity index (χ3n) is 3.72. The molecule has 25 heavy (non-hydrogen) atoms. The number of nitrogens with zero attached hydrogens (tertiary/aromatic N) is 2. The molecule has 0 spiro atoms. The van der Waals surface area contributed by atoms with Crippen LogP contribution in [0.2, 0.25) is 0 Å². The van der Waals surface area contributed by atoms with E-state index >= 15 is 0 Å². The molecule has 0 radical (unpaired) electrons. The summed E-state index contributed by atoms with van der Waals surface area (Å²) in [5.74, 6) is 0.966. The summed E-state index contributed by atoms with van der Waals surface area (Å²) in [7, 11) is 0. The zero-order valence-corrected chi connectivity index (χ0v) is 16.0. The van der Waals surface area contributed by atoms with Crippen LogP contribution in [0.5, 0.6) is 0 Å². The number of aryl methyl sites for hydroxylation is 3. The number of aromatic nitrogens is 2. The van der Waals surface area contributed by atoms with Crippen LogP contribution in [0.15, 0.2) is 33.2 Å². The van der Waals surface area contributed by atoms with Crippen molar-refractivity contribution in [3.05, 3.63) is 51.9 Å². The second-order valence-corrected chi connectivity index (χ2v) is 8.19. The average Bonchev–Trinajstić information content (AvgIpc) is 3.12. The van der Waals surface area contributed by atoms with Crippen molar-refractivity contribution < 1.29 is 9.21 Å². The minimum absolute atomic E-state index is 0.241. The van der Waals surface area contributed by atoms with Crippen molar-refractivity contribution in [3.8, 4) is 11.5 Å². The molecule has 130 valence electrons. The van der Waals surface area contributed by atoms with Gasteiger partial charge in [0.1, 0.15) is 6.26 Å². The number of primary amides is 1. The van der Waals surface area contributed by atoms with Gasteiger partial charge in [0.15, 0.2) is 4.34 Å². The Hall–Kier alpha value is -2.12. The van der Waals surface area contributed by atoms with Gasteiger partial charge in [0.25, 0.3) is 0 Å². The van der Waals surface area contributed by atoms with E-state index in [0.717, 1.165) is 31.7 Å². The normalized spacial score (nSPS) is 11.0. The maximum absolute atomic E-state index is 11.1. The lowest BCUT2D eigenvalue weighted by Crippen LogP contribution is -2.13. The van der Waals surface area contributed by atoms with Crippen LogP contribution in [-0.2, 0) is 17.0 Å². The summed E-state index contributed by atoms with van der Waals surface area (Å²) < 4.78 is 6.55. The number of thiazole rings is 1. The second kappa shape index (κ2) is 7.41. The van der Waals surface area contributed by atoms with Crippen molar-refractivity contribution in [2.45, 2.75) is 37.3 Å². The molecule has 0 aliphatic carbocycles. The highest BCUT2D eigenvalue weighted by Gasteiger charge is 2.13. The lowest BCUT2D eigenvalue weighted by atomic mass is 10.1. The van der Waals surface area contributed by atoms with Gasteiger partial charge >= 0.3 is 0 Å². The zero-order chi connectivity index (χ0) is 18.0. The number of carbonyl (C=O) groups is 1. The second-order valence-electron chi connectivity index (χ2n) is 5.88. The van der Waals surface area contributed by atoms with Crippen molar-refractivity contribution in [1.82, 2.24) is 9.97 Å². The molecule has 2 aromatic heterocycles. The number of hydrogen-bond acceptors (Lipinski definition) is 6. The molecular formula is C18H19N3O2S2. The third-order valence-corrected chi connectivity index (χ3v) is 6.05. The minimum atomic E-state index is -0.335. The molecule has 0 saturated carbocycles. The number of thioether (sulfide) groups is 1. The van der Waals surface area contributed by atoms with E-state index in [1.54, 1.807) is 18.0 Å². The van der Waals surface area contributed by atoms with Crippen molar-refractivity contribution in [1.29, 1.82) is 0 Å². The number of rotatable bonds is 6. The smallest absolute Gasteiger partial charge is 0.226 e. The predicted molar refractivity (Wildman–Crippen MR) is 101 cm³/mol. The number of hydrogen-bond donors (Lipinski definition) is 1. The molecule has 5 nitrogen and oxygen atoms in total. The van der Waals surface area contributed by atoms with E-state index in [1.165, 1.54) is 16.9 Å². The van der Waals surface area contributed by atoms with E-state index in [4.69, 9.17) is 10.2 Å². The lowest BCUT2D eigenvalue weighted by Gasteiger charge is -2.02. The number of carbonyl (C=O) groups excluding carboxylic acids is 1. The van der Waals surface area contributed by atoms with Gasteiger partial charge in [-0.1, -0.05) is 29.5 Å². The minimum Gasteiger partial charge on any atom is -0.444 e. The fourth-order valence-electron chi connectivity index (χ4n) is 2.47. The van der Waals surface area contributed by atoms with Crippen LogP contribution in [0.3, 0.4) is 0 Å². The van der Waals surface area contributed by atoms with Crippen LogP contribution in [0.25, 0.3) is 11.5 Å². The Bertz CT molecular complexity index is 915. The highest BCUT2D eigenvalue weighted by atomic mass is 32.2. The molecule has 0 aliphatic heterocycles. The SMILES string of the molecule is Cc1ccc(-c2nc(CSc3nc(C)c(CC(N)=O)s3)co2)c(C)c1. The van der Waals surface area contributed by atoms with E-state index in [1.807, 2.05) is 13.0 Å². The predicted octanol–water partition coefficient (Wildman–Crippen LogP) is 4.04. The molecule has 2 N–H and O–H groups in total. The highest BCUT2D eigenvalue weighted by Crippen LogP contribution is 2.31. The summed E-state index contributed by atoms with van der Waals surface area (Å²) in [5, 5.41) is 0. The van der Waals surface area contributed by atoms with Crippen molar-refractivity contribution in [2.24, 2.45) is 5.73 Å². The first-order valence-electron chi connectivity index (χ1n) is 7.82. The fourth-order valence-corrected chi connectivity index (χ4v) is 4.59. The monoisotopic (exact) mass is 373 g/mol. The number of oxazole rings is 1. The Morgan fingerprint density at radius 3 is 2.80 bits per heavy atom. The summed E-state index contributed by atoms with van der Waals surface area (Å²) in [6.07, 6.45) is 1.93. The molecule has 0 unspecified atom stereocenters. The van der Waals surface area contributed by atoms with Crippen LogP contribution in [0, 0.1) is 20.8 Å². The van der Waals surface area contributed by atoms with E-state index in [2.05, 4.69) is 35.9 Å². The number of benzene rings is 1. The van der Waals surface area contributed by atoms with Crippen molar-refractivity contribution in [2.75, 3.05) is 0 Å².